The van der Waals surface area contributed by atoms with Crippen molar-refractivity contribution in [3.05, 3.63) is 17.8 Å². The van der Waals surface area contributed by atoms with Crippen molar-refractivity contribution < 1.29 is 9.53 Å². The van der Waals surface area contributed by atoms with Crippen LogP contribution in [0.25, 0.3) is 0 Å². The van der Waals surface area contributed by atoms with Gasteiger partial charge in [0.2, 0.25) is 0 Å². The van der Waals surface area contributed by atoms with Crippen LogP contribution in [-0.4, -0.2) is 30.6 Å². The van der Waals surface area contributed by atoms with Gasteiger partial charge in [0.25, 0.3) is 0 Å². The Labute approximate surface area is 114 Å². The molecule has 1 rings (SSSR count). The van der Waals surface area contributed by atoms with Gasteiger partial charge in [0.05, 0.1) is 24.1 Å². The van der Waals surface area contributed by atoms with Crippen LogP contribution in [0, 0.1) is 0 Å². The number of carbonyl (C=O) groups excluding carboxylic acids is 1. The van der Waals surface area contributed by atoms with Crippen molar-refractivity contribution in [3.8, 4) is 0 Å². The number of nitrogens with zero attached hydrogens (tertiary/aromatic N) is 2. The standard InChI is InChI=1S/C14H23N3O2/c1-5-7-10(3)17(4)13-8-11(12(15)9-16-13)14(18)19-6-2/h8-10H,5-7,15H2,1-4H3. The molecule has 0 amide bonds. The maximum absolute atomic E-state index is 11.8. The van der Waals surface area contributed by atoms with Gasteiger partial charge >= 0.3 is 5.97 Å². The van der Waals surface area contributed by atoms with Gasteiger partial charge in [-0.2, -0.15) is 0 Å². The number of carbonyl (C=O) groups is 1. The predicted molar refractivity (Wildman–Crippen MR) is 77.4 cm³/mol. The van der Waals surface area contributed by atoms with E-state index in [9.17, 15) is 4.79 Å². The van der Waals surface area contributed by atoms with Crippen molar-refractivity contribution in [1.29, 1.82) is 0 Å². The van der Waals surface area contributed by atoms with Gasteiger partial charge in [0.1, 0.15) is 5.82 Å². The molecule has 0 radical (unpaired) electrons. The van der Waals surface area contributed by atoms with E-state index in [-0.39, 0.29) is 0 Å². The highest BCUT2D eigenvalue weighted by Crippen LogP contribution is 2.20. The second-order valence-corrected chi connectivity index (χ2v) is 4.60. The van der Waals surface area contributed by atoms with Crippen molar-refractivity contribution in [2.45, 2.75) is 39.7 Å². The molecule has 5 nitrogen and oxygen atoms in total. The van der Waals surface area contributed by atoms with Gasteiger partial charge in [-0.05, 0) is 26.3 Å². The minimum Gasteiger partial charge on any atom is -0.462 e. The largest absolute Gasteiger partial charge is 0.462 e. The van der Waals surface area contributed by atoms with E-state index in [1.807, 2.05) is 11.9 Å². The summed E-state index contributed by atoms with van der Waals surface area (Å²) in [5.41, 5.74) is 6.50. The highest BCUT2D eigenvalue weighted by atomic mass is 16.5. The second kappa shape index (κ2) is 6.97. The Kier molecular flexibility index (Phi) is 5.60. The number of ether oxygens (including phenoxy) is 1. The lowest BCUT2D eigenvalue weighted by Gasteiger charge is -2.26. The van der Waals surface area contributed by atoms with Gasteiger partial charge in [-0.15, -0.1) is 0 Å². The Morgan fingerprint density at radius 2 is 2.21 bits per heavy atom. The average Bonchev–Trinajstić information content (AvgIpc) is 2.39. The van der Waals surface area contributed by atoms with Crippen molar-refractivity contribution in [2.75, 3.05) is 24.3 Å². The number of nitrogens with two attached hydrogens (primary N) is 1. The molecule has 19 heavy (non-hydrogen) atoms. The predicted octanol–water partition coefficient (Wildman–Crippen LogP) is 2.47. The molecule has 0 spiro atoms. The number of aromatic nitrogens is 1. The van der Waals surface area contributed by atoms with Crippen molar-refractivity contribution >= 4 is 17.5 Å². The Hall–Kier alpha value is -1.78. The molecule has 0 aliphatic heterocycles. The quantitative estimate of drug-likeness (QED) is 0.800. The van der Waals surface area contributed by atoms with E-state index in [1.54, 1.807) is 13.0 Å². The number of hydrogen-bond donors (Lipinski definition) is 1. The number of pyridine rings is 1. The van der Waals surface area contributed by atoms with Crippen LogP contribution in [0.5, 0.6) is 0 Å². The first kappa shape index (κ1) is 15.3. The average molecular weight is 265 g/mol. The van der Waals surface area contributed by atoms with Crippen LogP contribution >= 0.6 is 0 Å². The van der Waals surface area contributed by atoms with Crippen LogP contribution in [0.2, 0.25) is 0 Å². The number of anilines is 2. The first-order valence-corrected chi connectivity index (χ1v) is 6.66. The second-order valence-electron chi connectivity index (χ2n) is 4.60. The van der Waals surface area contributed by atoms with Crippen LogP contribution in [0.3, 0.4) is 0 Å². The maximum Gasteiger partial charge on any atom is 0.340 e. The van der Waals surface area contributed by atoms with E-state index in [0.717, 1.165) is 18.7 Å². The van der Waals surface area contributed by atoms with E-state index >= 15 is 0 Å². The first-order valence-electron chi connectivity index (χ1n) is 6.66. The monoisotopic (exact) mass is 265 g/mol. The molecule has 5 heteroatoms. The zero-order valence-corrected chi connectivity index (χ0v) is 12.1. The summed E-state index contributed by atoms with van der Waals surface area (Å²) in [6, 6.07) is 2.05. The summed E-state index contributed by atoms with van der Waals surface area (Å²) in [4.78, 5) is 18.1. The minimum absolute atomic E-state index is 0.331. The van der Waals surface area contributed by atoms with Crippen LogP contribution in [0.1, 0.15) is 44.0 Å². The molecule has 1 aromatic heterocycles. The highest BCUT2D eigenvalue weighted by molar-refractivity contribution is 5.95. The van der Waals surface area contributed by atoms with Crippen molar-refractivity contribution in [1.82, 2.24) is 4.98 Å². The Morgan fingerprint density at radius 3 is 2.79 bits per heavy atom. The molecule has 106 valence electrons. The molecule has 0 saturated heterocycles. The van der Waals surface area contributed by atoms with Crippen molar-refractivity contribution in [2.24, 2.45) is 0 Å². The molecule has 0 aliphatic carbocycles. The summed E-state index contributed by atoms with van der Waals surface area (Å²) < 4.78 is 4.99. The van der Waals surface area contributed by atoms with Crippen molar-refractivity contribution in [3.63, 3.8) is 0 Å². The Morgan fingerprint density at radius 1 is 1.53 bits per heavy atom. The van der Waals surface area contributed by atoms with E-state index in [4.69, 9.17) is 10.5 Å². The number of nitrogen functional groups attached to an aromatic ring is 1. The fraction of sp³-hybridized carbons (Fsp3) is 0.571. The van der Waals surface area contributed by atoms with Crippen LogP contribution in [0.4, 0.5) is 11.5 Å². The fourth-order valence-corrected chi connectivity index (χ4v) is 1.87. The summed E-state index contributed by atoms with van der Waals surface area (Å²) in [5.74, 6) is 0.332. The molecule has 1 aromatic rings. The van der Waals surface area contributed by atoms with Gasteiger partial charge in [-0.3, -0.25) is 0 Å². The van der Waals surface area contributed by atoms with E-state index in [1.165, 1.54) is 6.20 Å². The lowest BCUT2D eigenvalue weighted by molar-refractivity contribution is 0.0527. The summed E-state index contributed by atoms with van der Waals surface area (Å²) in [6.07, 6.45) is 3.68. The maximum atomic E-state index is 11.8. The fourth-order valence-electron chi connectivity index (χ4n) is 1.87. The van der Waals surface area contributed by atoms with Gasteiger partial charge in [0, 0.05) is 13.1 Å². The molecule has 0 saturated carbocycles. The zero-order valence-electron chi connectivity index (χ0n) is 12.1. The van der Waals surface area contributed by atoms with Crippen LogP contribution in [-0.2, 0) is 4.74 Å². The summed E-state index contributed by atoms with van der Waals surface area (Å²) in [5, 5.41) is 0. The summed E-state index contributed by atoms with van der Waals surface area (Å²) in [7, 11) is 1.97. The number of hydrogen-bond acceptors (Lipinski definition) is 5. The van der Waals surface area contributed by atoms with E-state index in [2.05, 4.69) is 18.8 Å². The number of rotatable bonds is 6. The van der Waals surface area contributed by atoms with Crippen LogP contribution < -0.4 is 10.6 Å². The zero-order chi connectivity index (χ0) is 14.4. The minimum atomic E-state index is -0.403. The third-order valence-corrected chi connectivity index (χ3v) is 3.14. The molecule has 0 bridgehead atoms. The molecule has 1 heterocycles. The molecular formula is C14H23N3O2. The molecule has 1 unspecified atom stereocenters. The molecule has 0 fully saturated rings. The van der Waals surface area contributed by atoms with Gasteiger partial charge in [-0.25, -0.2) is 9.78 Å². The van der Waals surface area contributed by atoms with Gasteiger partial charge in [0.15, 0.2) is 0 Å². The number of esters is 1. The molecular weight excluding hydrogens is 242 g/mol. The normalized spacial score (nSPS) is 12.0. The lowest BCUT2D eigenvalue weighted by Crippen LogP contribution is -2.29. The third-order valence-electron chi connectivity index (χ3n) is 3.14. The molecule has 0 aromatic carbocycles. The Balaban J connectivity index is 2.98. The van der Waals surface area contributed by atoms with E-state index in [0.29, 0.717) is 23.9 Å². The SMILES string of the molecule is CCCC(C)N(C)c1cc(C(=O)OCC)c(N)cn1. The molecule has 2 N–H and O–H groups in total. The Bertz CT molecular complexity index is 435. The van der Waals surface area contributed by atoms with E-state index < -0.39 is 5.97 Å². The van der Waals surface area contributed by atoms with Gasteiger partial charge in [-0.1, -0.05) is 13.3 Å². The lowest BCUT2D eigenvalue weighted by atomic mass is 10.1. The first-order chi connectivity index (χ1) is 9.01. The summed E-state index contributed by atoms with van der Waals surface area (Å²) in [6.45, 7) is 6.38. The smallest absolute Gasteiger partial charge is 0.340 e. The topological polar surface area (TPSA) is 68.5 Å². The van der Waals surface area contributed by atoms with Crippen LogP contribution in [0.15, 0.2) is 12.3 Å². The molecule has 1 atom stereocenters. The van der Waals surface area contributed by atoms with Gasteiger partial charge < -0.3 is 15.4 Å². The highest BCUT2D eigenvalue weighted by Gasteiger charge is 2.16. The third kappa shape index (κ3) is 3.84. The molecule has 0 aliphatic rings. The summed E-state index contributed by atoms with van der Waals surface area (Å²) >= 11 is 0.